The van der Waals surface area contributed by atoms with Gasteiger partial charge in [-0.25, -0.2) is 0 Å². The van der Waals surface area contributed by atoms with E-state index < -0.39 is 0 Å². The average Bonchev–Trinajstić information content (AvgIpc) is 3.22. The highest BCUT2D eigenvalue weighted by atomic mass is 16.5. The van der Waals surface area contributed by atoms with Crippen LogP contribution in [0.5, 0.6) is 11.5 Å². The Bertz CT molecular complexity index is 368. The molecule has 0 spiro atoms. The van der Waals surface area contributed by atoms with Crippen molar-refractivity contribution in [1.29, 1.82) is 0 Å². The molecule has 0 aromatic heterocycles. The summed E-state index contributed by atoms with van der Waals surface area (Å²) in [6, 6.07) is 6.20. The van der Waals surface area contributed by atoms with E-state index in [-0.39, 0.29) is 0 Å². The molecular weight excluding hydrogens is 230 g/mol. The smallest absolute Gasteiger partial charge is 0.124 e. The second-order valence-electron chi connectivity index (χ2n) is 4.64. The first-order chi connectivity index (χ1) is 8.76. The fourth-order valence-corrected chi connectivity index (χ4v) is 2.08. The molecule has 0 aliphatic heterocycles. The fraction of sp³-hybridized carbons (Fsp3) is 0.571. The molecule has 1 aliphatic rings. The van der Waals surface area contributed by atoms with Crippen molar-refractivity contribution in [1.82, 2.24) is 0 Å². The van der Waals surface area contributed by atoms with Crippen LogP contribution < -0.4 is 14.8 Å². The zero-order chi connectivity index (χ0) is 13.0. The van der Waals surface area contributed by atoms with E-state index in [0.29, 0.717) is 6.04 Å². The van der Waals surface area contributed by atoms with Crippen molar-refractivity contribution in [2.24, 2.45) is 5.92 Å². The van der Waals surface area contributed by atoms with Crippen LogP contribution in [-0.4, -0.2) is 34.0 Å². The van der Waals surface area contributed by atoms with Gasteiger partial charge in [-0.2, -0.15) is 0 Å². The molecule has 4 nitrogen and oxygen atoms in total. The van der Waals surface area contributed by atoms with Crippen LogP contribution in [0.1, 0.15) is 12.8 Å². The quantitative estimate of drug-likeness (QED) is 0.808. The Kier molecular flexibility index (Phi) is 4.31. The molecule has 1 aromatic carbocycles. The lowest BCUT2D eigenvalue weighted by atomic mass is 10.1. The average molecular weight is 251 g/mol. The zero-order valence-corrected chi connectivity index (χ0v) is 11.2. The highest BCUT2D eigenvalue weighted by Crippen LogP contribution is 2.35. The Hall–Kier alpha value is -1.42. The fourth-order valence-electron chi connectivity index (χ4n) is 2.08. The first kappa shape index (κ1) is 13.0. The third-order valence-corrected chi connectivity index (χ3v) is 3.24. The van der Waals surface area contributed by atoms with Gasteiger partial charge in [-0.1, -0.05) is 0 Å². The van der Waals surface area contributed by atoms with Crippen LogP contribution in [0.2, 0.25) is 0 Å². The first-order valence-electron chi connectivity index (χ1n) is 6.25. The summed E-state index contributed by atoms with van der Waals surface area (Å²) in [6.45, 7) is 0.726. The molecule has 0 saturated heterocycles. The normalized spacial score (nSPS) is 16.2. The maximum Gasteiger partial charge on any atom is 0.124 e. The molecule has 1 unspecified atom stereocenters. The molecule has 1 aliphatic carbocycles. The van der Waals surface area contributed by atoms with E-state index >= 15 is 0 Å². The van der Waals surface area contributed by atoms with Gasteiger partial charge in [0.2, 0.25) is 0 Å². The van der Waals surface area contributed by atoms with E-state index in [0.717, 1.165) is 29.7 Å². The number of nitrogens with one attached hydrogen (secondary N) is 1. The lowest BCUT2D eigenvalue weighted by Crippen LogP contribution is -2.27. The van der Waals surface area contributed by atoms with Crippen molar-refractivity contribution < 1.29 is 14.2 Å². The van der Waals surface area contributed by atoms with E-state index in [9.17, 15) is 0 Å². The van der Waals surface area contributed by atoms with Gasteiger partial charge in [-0.3, -0.25) is 0 Å². The molecule has 2 rings (SSSR count). The number of rotatable bonds is 7. The second kappa shape index (κ2) is 5.96. The van der Waals surface area contributed by atoms with E-state index in [4.69, 9.17) is 14.2 Å². The summed E-state index contributed by atoms with van der Waals surface area (Å²) in [4.78, 5) is 0. The van der Waals surface area contributed by atoms with Crippen LogP contribution in [0.4, 0.5) is 5.69 Å². The Labute approximate surface area is 108 Å². The Morgan fingerprint density at radius 1 is 1.11 bits per heavy atom. The van der Waals surface area contributed by atoms with Gasteiger partial charge in [-0.05, 0) is 18.8 Å². The van der Waals surface area contributed by atoms with Crippen molar-refractivity contribution in [3.63, 3.8) is 0 Å². The first-order valence-corrected chi connectivity index (χ1v) is 6.25. The summed E-state index contributed by atoms with van der Waals surface area (Å²) in [5.41, 5.74) is 1.01. The topological polar surface area (TPSA) is 39.7 Å². The number of methoxy groups -OCH3 is 3. The maximum atomic E-state index is 5.27. The zero-order valence-electron chi connectivity index (χ0n) is 11.2. The molecule has 1 fully saturated rings. The lowest BCUT2D eigenvalue weighted by molar-refractivity contribution is 0.179. The van der Waals surface area contributed by atoms with Gasteiger partial charge < -0.3 is 19.5 Å². The summed E-state index contributed by atoms with van der Waals surface area (Å²) in [5, 5.41) is 3.51. The minimum atomic E-state index is 0.367. The number of benzene rings is 1. The molecule has 1 aromatic rings. The highest BCUT2D eigenvalue weighted by molar-refractivity contribution is 5.54. The van der Waals surface area contributed by atoms with Crippen molar-refractivity contribution in [3.8, 4) is 11.5 Å². The monoisotopic (exact) mass is 251 g/mol. The number of anilines is 1. The van der Waals surface area contributed by atoms with Crippen molar-refractivity contribution in [2.45, 2.75) is 18.9 Å². The van der Waals surface area contributed by atoms with Crippen LogP contribution in [0.15, 0.2) is 18.2 Å². The molecule has 100 valence electrons. The van der Waals surface area contributed by atoms with Crippen molar-refractivity contribution in [2.75, 3.05) is 33.3 Å². The molecule has 0 heterocycles. The third-order valence-electron chi connectivity index (χ3n) is 3.24. The van der Waals surface area contributed by atoms with Crippen molar-refractivity contribution in [3.05, 3.63) is 18.2 Å². The van der Waals surface area contributed by atoms with E-state index in [1.54, 1.807) is 21.3 Å². The number of hydrogen-bond donors (Lipinski definition) is 1. The van der Waals surface area contributed by atoms with Crippen molar-refractivity contribution >= 4 is 5.69 Å². The van der Waals surface area contributed by atoms with Gasteiger partial charge in [0.25, 0.3) is 0 Å². The van der Waals surface area contributed by atoms with Crippen LogP contribution in [0.3, 0.4) is 0 Å². The Morgan fingerprint density at radius 2 is 1.72 bits per heavy atom. The Morgan fingerprint density at radius 3 is 2.17 bits per heavy atom. The van der Waals surface area contributed by atoms with E-state index in [1.165, 1.54) is 12.8 Å². The van der Waals surface area contributed by atoms with Crippen LogP contribution in [0, 0.1) is 5.92 Å². The Balaban J connectivity index is 2.10. The third kappa shape index (κ3) is 3.29. The van der Waals surface area contributed by atoms with Gasteiger partial charge in [-0.15, -0.1) is 0 Å². The van der Waals surface area contributed by atoms with E-state index in [1.807, 2.05) is 18.2 Å². The molecular formula is C14H21NO3. The van der Waals surface area contributed by atoms with Crippen LogP contribution >= 0.6 is 0 Å². The molecule has 0 amide bonds. The summed E-state index contributed by atoms with van der Waals surface area (Å²) < 4.78 is 15.8. The SMILES string of the molecule is COCC(Nc1cc(OC)cc(OC)c1)C1CC1. The van der Waals surface area contributed by atoms with Gasteiger partial charge in [0.1, 0.15) is 11.5 Å². The number of hydrogen-bond acceptors (Lipinski definition) is 4. The molecule has 0 radical (unpaired) electrons. The second-order valence-corrected chi connectivity index (χ2v) is 4.64. The van der Waals surface area contributed by atoms with Crippen LogP contribution in [0.25, 0.3) is 0 Å². The summed E-state index contributed by atoms with van der Waals surface area (Å²) >= 11 is 0. The highest BCUT2D eigenvalue weighted by Gasteiger charge is 2.31. The maximum absolute atomic E-state index is 5.27. The minimum absolute atomic E-state index is 0.367. The predicted molar refractivity (Wildman–Crippen MR) is 71.6 cm³/mol. The lowest BCUT2D eigenvalue weighted by Gasteiger charge is -2.19. The summed E-state index contributed by atoms with van der Waals surface area (Å²) in [7, 11) is 5.06. The molecule has 1 saturated carbocycles. The number of ether oxygens (including phenoxy) is 3. The summed E-state index contributed by atoms with van der Waals surface area (Å²) in [6.07, 6.45) is 2.56. The molecule has 4 heteroatoms. The molecule has 0 bridgehead atoms. The van der Waals surface area contributed by atoms with Crippen LogP contribution in [-0.2, 0) is 4.74 Å². The molecule has 1 N–H and O–H groups in total. The van der Waals surface area contributed by atoms with Gasteiger partial charge in [0.15, 0.2) is 0 Å². The van der Waals surface area contributed by atoms with E-state index in [2.05, 4.69) is 5.32 Å². The molecule has 1 atom stereocenters. The summed E-state index contributed by atoms with van der Waals surface area (Å²) in [5.74, 6) is 2.31. The van der Waals surface area contributed by atoms with Gasteiger partial charge in [0, 0.05) is 31.0 Å². The largest absolute Gasteiger partial charge is 0.497 e. The van der Waals surface area contributed by atoms with Gasteiger partial charge >= 0.3 is 0 Å². The predicted octanol–water partition coefficient (Wildman–Crippen LogP) is 2.54. The molecule has 18 heavy (non-hydrogen) atoms. The standard InChI is InChI=1S/C14H21NO3/c1-16-9-14(10-4-5-10)15-11-6-12(17-2)8-13(7-11)18-3/h6-8,10,14-15H,4-5,9H2,1-3H3. The minimum Gasteiger partial charge on any atom is -0.497 e. The van der Waals surface area contributed by atoms with Gasteiger partial charge in [0.05, 0.1) is 26.9 Å².